The Morgan fingerprint density at radius 3 is 2.67 bits per heavy atom. The van der Waals surface area contributed by atoms with Crippen LogP contribution in [-0.2, 0) is 0 Å². The Hall–Kier alpha value is -0.610. The summed E-state index contributed by atoms with van der Waals surface area (Å²) in [6.45, 7) is 3.96. The molecule has 3 N–H and O–H groups in total. The second-order valence-electron chi connectivity index (χ2n) is 5.29. The van der Waals surface area contributed by atoms with Gasteiger partial charge in [0.05, 0.1) is 4.47 Å². The zero-order valence-electron chi connectivity index (χ0n) is 11.0. The highest BCUT2D eigenvalue weighted by atomic mass is 79.9. The van der Waals surface area contributed by atoms with E-state index in [2.05, 4.69) is 33.2 Å². The molecule has 1 aromatic heterocycles. The van der Waals surface area contributed by atoms with E-state index in [1.54, 1.807) is 0 Å². The second kappa shape index (κ2) is 6.53. The highest BCUT2D eigenvalue weighted by Crippen LogP contribution is 2.29. The number of halogens is 1. The Morgan fingerprint density at radius 1 is 1.33 bits per heavy atom. The highest BCUT2D eigenvalue weighted by molar-refractivity contribution is 9.10. The van der Waals surface area contributed by atoms with Crippen LogP contribution in [0.15, 0.2) is 16.7 Å². The van der Waals surface area contributed by atoms with Gasteiger partial charge in [0.1, 0.15) is 5.82 Å². The number of rotatable bonds is 4. The molecule has 1 aliphatic rings. The van der Waals surface area contributed by atoms with E-state index in [1.165, 1.54) is 31.2 Å². The van der Waals surface area contributed by atoms with Crippen molar-refractivity contribution in [3.63, 3.8) is 0 Å². The molecule has 1 heterocycles. The van der Waals surface area contributed by atoms with Crippen LogP contribution < -0.4 is 11.1 Å². The maximum Gasteiger partial charge on any atom is 0.140 e. The molecule has 1 aromatic rings. The lowest BCUT2D eigenvalue weighted by Gasteiger charge is -2.28. The van der Waals surface area contributed by atoms with Crippen molar-refractivity contribution >= 4 is 21.7 Å². The fraction of sp³-hybridized carbons (Fsp3) is 0.643. The van der Waals surface area contributed by atoms with Gasteiger partial charge in [0.25, 0.3) is 0 Å². The summed E-state index contributed by atoms with van der Waals surface area (Å²) in [6, 6.07) is 2.02. The number of aromatic nitrogens is 1. The van der Waals surface area contributed by atoms with E-state index in [4.69, 9.17) is 5.73 Å². The number of aryl methyl sites for hydroxylation is 1. The van der Waals surface area contributed by atoms with Crippen LogP contribution in [0.4, 0.5) is 5.82 Å². The number of nitrogens with two attached hydrogens (primary N) is 1. The van der Waals surface area contributed by atoms with Crippen molar-refractivity contribution in [2.45, 2.75) is 32.6 Å². The summed E-state index contributed by atoms with van der Waals surface area (Å²) in [7, 11) is 0. The molecular weight excluding hydrogens is 290 g/mol. The number of nitrogens with one attached hydrogen (secondary N) is 1. The van der Waals surface area contributed by atoms with Crippen molar-refractivity contribution < 1.29 is 0 Å². The third-order valence-electron chi connectivity index (χ3n) is 3.94. The third kappa shape index (κ3) is 3.45. The molecule has 2 rings (SSSR count). The molecule has 0 atom stereocenters. The van der Waals surface area contributed by atoms with Gasteiger partial charge in [0.15, 0.2) is 0 Å². The van der Waals surface area contributed by atoms with E-state index >= 15 is 0 Å². The molecule has 0 saturated heterocycles. The van der Waals surface area contributed by atoms with Gasteiger partial charge in [-0.15, -0.1) is 0 Å². The predicted molar refractivity (Wildman–Crippen MR) is 79.7 cm³/mol. The molecule has 0 aliphatic heterocycles. The first-order valence-corrected chi connectivity index (χ1v) is 7.55. The predicted octanol–water partition coefficient (Wildman–Crippen LogP) is 3.33. The summed E-state index contributed by atoms with van der Waals surface area (Å²) >= 11 is 3.58. The van der Waals surface area contributed by atoms with Crippen LogP contribution in [0.5, 0.6) is 0 Å². The fourth-order valence-corrected chi connectivity index (χ4v) is 2.95. The number of anilines is 1. The molecule has 0 amide bonds. The molecule has 0 unspecified atom stereocenters. The normalized spacial score (nSPS) is 23.9. The van der Waals surface area contributed by atoms with Crippen molar-refractivity contribution in [2.24, 2.45) is 17.6 Å². The average Bonchev–Trinajstić information content (AvgIpc) is 2.41. The molecule has 4 heteroatoms. The Kier molecular flexibility index (Phi) is 5.01. The monoisotopic (exact) mass is 311 g/mol. The minimum atomic E-state index is 0.755. The highest BCUT2D eigenvalue weighted by Gasteiger charge is 2.20. The molecule has 0 bridgehead atoms. The maximum absolute atomic E-state index is 5.72. The number of hydrogen-bond acceptors (Lipinski definition) is 3. The Labute approximate surface area is 118 Å². The van der Waals surface area contributed by atoms with Crippen molar-refractivity contribution in [3.05, 3.63) is 22.3 Å². The van der Waals surface area contributed by atoms with Gasteiger partial charge in [-0.25, -0.2) is 4.98 Å². The summed E-state index contributed by atoms with van der Waals surface area (Å²) in [5, 5.41) is 3.47. The largest absolute Gasteiger partial charge is 0.369 e. The van der Waals surface area contributed by atoms with Gasteiger partial charge in [0.2, 0.25) is 0 Å². The first-order chi connectivity index (χ1) is 8.70. The first kappa shape index (κ1) is 13.8. The average molecular weight is 312 g/mol. The van der Waals surface area contributed by atoms with E-state index < -0.39 is 0 Å². The van der Waals surface area contributed by atoms with Crippen LogP contribution in [0.1, 0.15) is 31.2 Å². The first-order valence-electron chi connectivity index (χ1n) is 6.75. The van der Waals surface area contributed by atoms with Crippen LogP contribution in [0, 0.1) is 18.8 Å². The number of hydrogen-bond donors (Lipinski definition) is 2. The zero-order valence-corrected chi connectivity index (χ0v) is 12.5. The summed E-state index contributed by atoms with van der Waals surface area (Å²) in [5.41, 5.74) is 6.94. The fourth-order valence-electron chi connectivity index (χ4n) is 2.58. The molecule has 0 aromatic carbocycles. The van der Waals surface area contributed by atoms with Gasteiger partial charge in [-0.2, -0.15) is 0 Å². The molecule has 0 radical (unpaired) electrons. The molecule has 1 fully saturated rings. The SMILES string of the molecule is Cc1ccnc(NCC2CCC(CN)CC2)c1Br. The summed E-state index contributed by atoms with van der Waals surface area (Å²) in [4.78, 5) is 4.38. The zero-order chi connectivity index (χ0) is 13.0. The number of nitrogens with zero attached hydrogens (tertiary/aromatic N) is 1. The van der Waals surface area contributed by atoms with Gasteiger partial charge in [-0.05, 0) is 78.5 Å². The molecule has 100 valence electrons. The van der Waals surface area contributed by atoms with Gasteiger partial charge in [0, 0.05) is 12.7 Å². The smallest absolute Gasteiger partial charge is 0.140 e. The van der Waals surface area contributed by atoms with E-state index in [-0.39, 0.29) is 0 Å². The van der Waals surface area contributed by atoms with Gasteiger partial charge >= 0.3 is 0 Å². The Balaban J connectivity index is 1.83. The topological polar surface area (TPSA) is 50.9 Å². The van der Waals surface area contributed by atoms with Gasteiger partial charge in [-0.1, -0.05) is 0 Å². The third-order valence-corrected chi connectivity index (χ3v) is 4.94. The van der Waals surface area contributed by atoms with E-state index in [0.29, 0.717) is 0 Å². The van der Waals surface area contributed by atoms with Crippen LogP contribution in [0.3, 0.4) is 0 Å². The van der Waals surface area contributed by atoms with Crippen molar-refractivity contribution in [3.8, 4) is 0 Å². The quantitative estimate of drug-likeness (QED) is 0.896. The van der Waals surface area contributed by atoms with E-state index in [9.17, 15) is 0 Å². The summed E-state index contributed by atoms with van der Waals surface area (Å²) in [6.07, 6.45) is 7.00. The van der Waals surface area contributed by atoms with Crippen LogP contribution in [0.25, 0.3) is 0 Å². The van der Waals surface area contributed by atoms with E-state index in [0.717, 1.165) is 35.2 Å². The van der Waals surface area contributed by atoms with Crippen LogP contribution in [0.2, 0.25) is 0 Å². The van der Waals surface area contributed by atoms with Crippen LogP contribution >= 0.6 is 15.9 Å². The Bertz CT molecular complexity index is 387. The number of pyridine rings is 1. The lowest BCUT2D eigenvalue weighted by molar-refractivity contribution is 0.289. The molecule has 1 aliphatic carbocycles. The lowest BCUT2D eigenvalue weighted by Crippen LogP contribution is -2.25. The van der Waals surface area contributed by atoms with E-state index in [1.807, 2.05) is 12.3 Å². The lowest BCUT2D eigenvalue weighted by atomic mass is 9.82. The molecule has 1 saturated carbocycles. The second-order valence-corrected chi connectivity index (χ2v) is 6.09. The molecule has 3 nitrogen and oxygen atoms in total. The van der Waals surface area contributed by atoms with Gasteiger partial charge < -0.3 is 11.1 Å². The maximum atomic E-state index is 5.72. The summed E-state index contributed by atoms with van der Waals surface area (Å²) in [5.74, 6) is 2.49. The van der Waals surface area contributed by atoms with Crippen molar-refractivity contribution in [1.82, 2.24) is 4.98 Å². The minimum absolute atomic E-state index is 0.755. The minimum Gasteiger partial charge on any atom is -0.369 e. The summed E-state index contributed by atoms with van der Waals surface area (Å²) < 4.78 is 1.08. The molecule has 0 spiro atoms. The molecule has 18 heavy (non-hydrogen) atoms. The van der Waals surface area contributed by atoms with Crippen molar-refractivity contribution in [2.75, 3.05) is 18.4 Å². The van der Waals surface area contributed by atoms with Crippen molar-refractivity contribution in [1.29, 1.82) is 0 Å². The molecular formula is C14H22BrN3. The van der Waals surface area contributed by atoms with Crippen LogP contribution in [-0.4, -0.2) is 18.1 Å². The van der Waals surface area contributed by atoms with Gasteiger partial charge in [-0.3, -0.25) is 0 Å². The standard InChI is InChI=1S/C14H22BrN3/c1-10-6-7-17-14(13(10)15)18-9-12-4-2-11(8-16)3-5-12/h6-7,11-12H,2-5,8-9,16H2,1H3,(H,17,18). The Morgan fingerprint density at radius 2 is 2.00 bits per heavy atom.